The molecule has 1 aromatic carbocycles. The summed E-state index contributed by atoms with van der Waals surface area (Å²) in [6, 6.07) is 4.59. The largest absolute Gasteiger partial charge is 0.378 e. The molecule has 20 heavy (non-hydrogen) atoms. The average molecular weight is 300 g/mol. The number of rotatable bonds is 6. The summed E-state index contributed by atoms with van der Waals surface area (Å²) in [6.07, 6.45) is 3.00. The minimum Gasteiger partial charge on any atom is -0.378 e. The molecule has 1 aliphatic heterocycles. The van der Waals surface area contributed by atoms with E-state index in [9.17, 15) is 4.39 Å². The molecular formula is C16H23ClFNO. The molecule has 2 nitrogen and oxygen atoms in total. The normalized spacial score (nSPS) is 26.1. The van der Waals surface area contributed by atoms with Gasteiger partial charge in [-0.25, -0.2) is 4.39 Å². The Morgan fingerprint density at radius 1 is 1.50 bits per heavy atom. The maximum absolute atomic E-state index is 13.4. The molecule has 2 rings (SSSR count). The van der Waals surface area contributed by atoms with Crippen molar-refractivity contribution < 1.29 is 9.13 Å². The lowest BCUT2D eigenvalue weighted by Crippen LogP contribution is -2.41. The van der Waals surface area contributed by atoms with E-state index in [0.29, 0.717) is 5.02 Å². The van der Waals surface area contributed by atoms with Crippen molar-refractivity contribution in [2.75, 3.05) is 19.7 Å². The molecule has 0 bridgehead atoms. The van der Waals surface area contributed by atoms with Gasteiger partial charge in [-0.1, -0.05) is 18.5 Å². The van der Waals surface area contributed by atoms with E-state index in [0.717, 1.165) is 44.5 Å². The average Bonchev–Trinajstić information content (AvgIpc) is 2.76. The van der Waals surface area contributed by atoms with Crippen molar-refractivity contribution in [2.24, 2.45) is 5.41 Å². The Morgan fingerprint density at radius 2 is 2.30 bits per heavy atom. The predicted octanol–water partition coefficient (Wildman–Crippen LogP) is 3.82. The minimum atomic E-state index is -0.229. The summed E-state index contributed by atoms with van der Waals surface area (Å²) in [6.45, 7) is 6.90. The highest BCUT2D eigenvalue weighted by Crippen LogP contribution is 2.39. The molecule has 112 valence electrons. The summed E-state index contributed by atoms with van der Waals surface area (Å²) >= 11 is 6.22. The van der Waals surface area contributed by atoms with Crippen molar-refractivity contribution >= 4 is 11.6 Å². The smallest absolute Gasteiger partial charge is 0.123 e. The first-order chi connectivity index (χ1) is 9.57. The topological polar surface area (TPSA) is 21.3 Å². The predicted molar refractivity (Wildman–Crippen MR) is 80.7 cm³/mol. The Bertz CT molecular complexity index is 454. The van der Waals surface area contributed by atoms with E-state index in [4.69, 9.17) is 16.3 Å². The fourth-order valence-electron chi connectivity index (χ4n) is 2.92. The van der Waals surface area contributed by atoms with Gasteiger partial charge in [-0.3, -0.25) is 0 Å². The van der Waals surface area contributed by atoms with Crippen LogP contribution < -0.4 is 5.32 Å². The SMILES string of the molecule is CCCNCC1(Cc2cc(F)ccc2Cl)CCOC1C. The fourth-order valence-corrected chi connectivity index (χ4v) is 3.10. The number of halogens is 2. The number of benzene rings is 1. The fraction of sp³-hybridized carbons (Fsp3) is 0.625. The van der Waals surface area contributed by atoms with E-state index >= 15 is 0 Å². The first-order valence-corrected chi connectivity index (χ1v) is 7.71. The van der Waals surface area contributed by atoms with Crippen LogP contribution >= 0.6 is 11.6 Å². The van der Waals surface area contributed by atoms with Crippen molar-refractivity contribution in [3.8, 4) is 0 Å². The molecule has 0 aromatic heterocycles. The number of ether oxygens (including phenoxy) is 1. The quantitative estimate of drug-likeness (QED) is 0.806. The third-order valence-electron chi connectivity index (χ3n) is 4.28. The molecule has 2 atom stereocenters. The molecule has 1 N–H and O–H groups in total. The molecule has 1 saturated heterocycles. The van der Waals surface area contributed by atoms with E-state index in [1.165, 1.54) is 6.07 Å². The van der Waals surface area contributed by atoms with Gasteiger partial charge in [-0.15, -0.1) is 0 Å². The zero-order valence-electron chi connectivity index (χ0n) is 12.2. The highest BCUT2D eigenvalue weighted by Gasteiger charge is 2.41. The van der Waals surface area contributed by atoms with Crippen LogP contribution in [0.2, 0.25) is 5.02 Å². The highest BCUT2D eigenvalue weighted by molar-refractivity contribution is 6.31. The summed E-state index contributed by atoms with van der Waals surface area (Å²) in [5.41, 5.74) is 0.884. The molecule has 1 aromatic rings. The van der Waals surface area contributed by atoms with Gasteiger partial charge in [-0.05, 0) is 56.5 Å². The van der Waals surface area contributed by atoms with Crippen LogP contribution in [-0.4, -0.2) is 25.8 Å². The van der Waals surface area contributed by atoms with Crippen LogP contribution in [0.25, 0.3) is 0 Å². The first-order valence-electron chi connectivity index (χ1n) is 7.33. The third kappa shape index (κ3) is 3.51. The van der Waals surface area contributed by atoms with Crippen molar-refractivity contribution in [1.82, 2.24) is 5.32 Å². The van der Waals surface area contributed by atoms with Crippen molar-refractivity contribution in [2.45, 2.75) is 39.2 Å². The van der Waals surface area contributed by atoms with Gasteiger partial charge < -0.3 is 10.1 Å². The lowest BCUT2D eigenvalue weighted by molar-refractivity contribution is 0.0631. The molecule has 1 heterocycles. The lowest BCUT2D eigenvalue weighted by atomic mass is 9.76. The van der Waals surface area contributed by atoms with Crippen LogP contribution in [0.5, 0.6) is 0 Å². The molecule has 0 amide bonds. The van der Waals surface area contributed by atoms with Crippen LogP contribution in [0.15, 0.2) is 18.2 Å². The third-order valence-corrected chi connectivity index (χ3v) is 4.65. The Morgan fingerprint density at radius 3 is 2.95 bits per heavy atom. The Kier molecular flexibility index (Phi) is 5.42. The standard InChI is InChI=1S/C16H23ClFNO/c1-3-7-19-11-16(6-8-20-12(16)2)10-13-9-14(18)4-5-15(13)17/h4-5,9,12,19H,3,6-8,10-11H2,1-2H3. The molecule has 0 saturated carbocycles. The molecule has 2 unspecified atom stereocenters. The van der Waals surface area contributed by atoms with Gasteiger partial charge in [0.25, 0.3) is 0 Å². The van der Waals surface area contributed by atoms with Crippen LogP contribution in [-0.2, 0) is 11.2 Å². The van der Waals surface area contributed by atoms with E-state index in [1.807, 2.05) is 0 Å². The second-order valence-electron chi connectivity index (χ2n) is 5.71. The van der Waals surface area contributed by atoms with Gasteiger partial charge in [-0.2, -0.15) is 0 Å². The summed E-state index contributed by atoms with van der Waals surface area (Å²) < 4.78 is 19.2. The molecular weight excluding hydrogens is 277 g/mol. The van der Waals surface area contributed by atoms with Crippen LogP contribution in [0.4, 0.5) is 4.39 Å². The Labute approximate surface area is 125 Å². The maximum atomic E-state index is 13.4. The molecule has 0 spiro atoms. The summed E-state index contributed by atoms with van der Waals surface area (Å²) in [4.78, 5) is 0. The minimum absolute atomic E-state index is 0.00655. The Balaban J connectivity index is 2.17. The zero-order valence-corrected chi connectivity index (χ0v) is 13.0. The van der Waals surface area contributed by atoms with Crippen molar-refractivity contribution in [3.05, 3.63) is 34.6 Å². The molecule has 0 radical (unpaired) electrons. The zero-order chi connectivity index (χ0) is 14.6. The van der Waals surface area contributed by atoms with Gasteiger partial charge in [0.15, 0.2) is 0 Å². The van der Waals surface area contributed by atoms with E-state index in [1.54, 1.807) is 12.1 Å². The van der Waals surface area contributed by atoms with Gasteiger partial charge in [0.05, 0.1) is 6.10 Å². The number of nitrogens with one attached hydrogen (secondary N) is 1. The lowest BCUT2D eigenvalue weighted by Gasteiger charge is -2.33. The summed E-state index contributed by atoms with van der Waals surface area (Å²) in [7, 11) is 0. The first kappa shape index (κ1) is 15.7. The molecule has 1 aliphatic rings. The van der Waals surface area contributed by atoms with Crippen LogP contribution in [0, 0.1) is 11.2 Å². The maximum Gasteiger partial charge on any atom is 0.123 e. The summed E-state index contributed by atoms with van der Waals surface area (Å²) in [5.74, 6) is -0.229. The van der Waals surface area contributed by atoms with Crippen molar-refractivity contribution in [3.63, 3.8) is 0 Å². The molecule has 1 fully saturated rings. The van der Waals surface area contributed by atoms with Gasteiger partial charge in [0, 0.05) is 23.6 Å². The van der Waals surface area contributed by atoms with Crippen LogP contribution in [0.3, 0.4) is 0 Å². The Hall–Kier alpha value is -0.640. The monoisotopic (exact) mass is 299 g/mol. The van der Waals surface area contributed by atoms with E-state index in [-0.39, 0.29) is 17.3 Å². The highest BCUT2D eigenvalue weighted by atomic mass is 35.5. The van der Waals surface area contributed by atoms with Crippen LogP contribution in [0.1, 0.15) is 32.3 Å². The van der Waals surface area contributed by atoms with Gasteiger partial charge in [0.1, 0.15) is 5.82 Å². The second-order valence-corrected chi connectivity index (χ2v) is 6.12. The second kappa shape index (κ2) is 6.88. The number of hydrogen-bond acceptors (Lipinski definition) is 2. The van der Waals surface area contributed by atoms with E-state index in [2.05, 4.69) is 19.2 Å². The molecule has 0 aliphatic carbocycles. The number of hydrogen-bond donors (Lipinski definition) is 1. The molecule has 4 heteroatoms. The van der Waals surface area contributed by atoms with Gasteiger partial charge in [0.2, 0.25) is 0 Å². The van der Waals surface area contributed by atoms with Crippen molar-refractivity contribution in [1.29, 1.82) is 0 Å². The van der Waals surface area contributed by atoms with E-state index < -0.39 is 0 Å². The van der Waals surface area contributed by atoms with Gasteiger partial charge >= 0.3 is 0 Å². The summed E-state index contributed by atoms with van der Waals surface area (Å²) in [5, 5.41) is 4.12.